The van der Waals surface area contributed by atoms with Crippen molar-refractivity contribution in [3.8, 4) is 0 Å². The van der Waals surface area contributed by atoms with Gasteiger partial charge in [0.1, 0.15) is 5.82 Å². The minimum Gasteiger partial charge on any atom is -0.329 e. The van der Waals surface area contributed by atoms with Gasteiger partial charge in [0.15, 0.2) is 5.11 Å². The van der Waals surface area contributed by atoms with Crippen molar-refractivity contribution >= 4 is 40.7 Å². The first kappa shape index (κ1) is 18.2. The van der Waals surface area contributed by atoms with Gasteiger partial charge in [-0.1, -0.05) is 29.8 Å². The number of anilines is 1. The Morgan fingerprint density at radius 3 is 2.62 bits per heavy atom. The quantitative estimate of drug-likeness (QED) is 0.441. The Kier molecular flexibility index (Phi) is 6.57. The highest BCUT2D eigenvalue weighted by molar-refractivity contribution is 8.00. The minimum atomic E-state index is -0.418. The van der Waals surface area contributed by atoms with Crippen LogP contribution in [0.2, 0.25) is 0 Å². The van der Waals surface area contributed by atoms with Crippen LogP contribution in [0.4, 0.5) is 10.1 Å². The normalized spacial score (nSPS) is 10.1. The zero-order chi connectivity index (χ0) is 17.5. The summed E-state index contributed by atoms with van der Waals surface area (Å²) in [5.74, 6) is -0.393. The van der Waals surface area contributed by atoms with Crippen LogP contribution >= 0.6 is 24.0 Å². The van der Waals surface area contributed by atoms with Crippen LogP contribution in [0.5, 0.6) is 0 Å². The summed E-state index contributed by atoms with van der Waals surface area (Å²) in [4.78, 5) is 12.9. The predicted molar refractivity (Wildman–Crippen MR) is 101 cm³/mol. The standard InChI is InChI=1S/C17H18FN3OS2/c1-11-7-8-15(12(2)9-11)24-10-16(22)20-21-17(23)19-14-6-4-3-5-13(14)18/h3-9H,10H2,1-2H3,(H,20,22)(H2,19,21,23). The average Bonchev–Trinajstić information content (AvgIpc) is 2.54. The van der Waals surface area contributed by atoms with Crippen LogP contribution in [0.1, 0.15) is 11.1 Å². The molecule has 0 aromatic heterocycles. The molecule has 126 valence electrons. The highest BCUT2D eigenvalue weighted by atomic mass is 32.2. The molecular formula is C17H18FN3OS2. The van der Waals surface area contributed by atoms with Crippen LogP contribution < -0.4 is 16.2 Å². The number of carbonyl (C=O) groups is 1. The SMILES string of the molecule is Cc1ccc(SCC(=O)NNC(=S)Nc2ccccc2F)c(C)c1. The molecule has 0 atom stereocenters. The number of thiocarbonyl (C=S) groups is 1. The van der Waals surface area contributed by atoms with Gasteiger partial charge in [-0.25, -0.2) is 4.39 Å². The summed E-state index contributed by atoms with van der Waals surface area (Å²) >= 11 is 6.46. The second-order valence-electron chi connectivity index (χ2n) is 5.16. The monoisotopic (exact) mass is 363 g/mol. The fourth-order valence-electron chi connectivity index (χ4n) is 1.98. The predicted octanol–water partition coefficient (Wildman–Crippen LogP) is 3.55. The molecule has 7 heteroatoms. The number of amides is 1. The molecule has 2 rings (SSSR count). The summed E-state index contributed by atoms with van der Waals surface area (Å²) in [6.07, 6.45) is 0. The van der Waals surface area contributed by atoms with Crippen molar-refractivity contribution in [3.63, 3.8) is 0 Å². The molecule has 2 aromatic rings. The molecule has 0 aliphatic rings. The minimum absolute atomic E-state index is 0.116. The largest absolute Gasteiger partial charge is 0.329 e. The van der Waals surface area contributed by atoms with E-state index >= 15 is 0 Å². The maximum Gasteiger partial charge on any atom is 0.248 e. The summed E-state index contributed by atoms with van der Waals surface area (Å²) in [6, 6.07) is 12.2. The second-order valence-corrected chi connectivity index (χ2v) is 6.59. The maximum absolute atomic E-state index is 13.5. The molecule has 2 aromatic carbocycles. The van der Waals surface area contributed by atoms with Crippen molar-refractivity contribution in [3.05, 3.63) is 59.4 Å². The Balaban J connectivity index is 1.76. The molecule has 0 spiro atoms. The number of aryl methyl sites for hydroxylation is 2. The molecule has 4 nitrogen and oxygen atoms in total. The molecule has 0 radical (unpaired) electrons. The molecular weight excluding hydrogens is 345 g/mol. The van der Waals surface area contributed by atoms with E-state index in [9.17, 15) is 9.18 Å². The van der Waals surface area contributed by atoms with E-state index in [2.05, 4.69) is 22.2 Å². The van der Waals surface area contributed by atoms with Gasteiger partial charge in [0.05, 0.1) is 11.4 Å². The van der Waals surface area contributed by atoms with Crippen molar-refractivity contribution in [1.82, 2.24) is 10.9 Å². The third-order valence-electron chi connectivity index (χ3n) is 3.13. The lowest BCUT2D eigenvalue weighted by Gasteiger charge is -2.12. The van der Waals surface area contributed by atoms with E-state index in [0.29, 0.717) is 0 Å². The van der Waals surface area contributed by atoms with Gasteiger partial charge in [-0.3, -0.25) is 15.6 Å². The number of thioether (sulfide) groups is 1. The lowest BCUT2D eigenvalue weighted by Crippen LogP contribution is -2.44. The molecule has 0 heterocycles. The van der Waals surface area contributed by atoms with E-state index in [4.69, 9.17) is 12.2 Å². The number of rotatable bonds is 4. The Morgan fingerprint density at radius 1 is 1.17 bits per heavy atom. The average molecular weight is 363 g/mol. The van der Waals surface area contributed by atoms with Crippen molar-refractivity contribution in [1.29, 1.82) is 0 Å². The smallest absolute Gasteiger partial charge is 0.248 e. The van der Waals surface area contributed by atoms with E-state index < -0.39 is 5.82 Å². The highest BCUT2D eigenvalue weighted by Gasteiger charge is 2.07. The Bertz CT molecular complexity index is 752. The molecule has 0 saturated heterocycles. The molecule has 0 unspecified atom stereocenters. The second kappa shape index (κ2) is 8.65. The lowest BCUT2D eigenvalue weighted by atomic mass is 10.2. The molecule has 0 aliphatic carbocycles. The topological polar surface area (TPSA) is 53.2 Å². The number of nitrogens with one attached hydrogen (secondary N) is 3. The molecule has 1 amide bonds. The van der Waals surface area contributed by atoms with E-state index in [1.165, 1.54) is 23.4 Å². The summed E-state index contributed by atoms with van der Waals surface area (Å²) in [5, 5.41) is 2.79. The molecule has 0 fully saturated rings. The molecule has 3 N–H and O–H groups in total. The van der Waals surface area contributed by atoms with Crippen molar-refractivity contribution in [2.75, 3.05) is 11.1 Å². The Morgan fingerprint density at radius 2 is 1.92 bits per heavy atom. The third-order valence-corrected chi connectivity index (χ3v) is 4.51. The van der Waals surface area contributed by atoms with Crippen molar-refractivity contribution in [2.45, 2.75) is 18.7 Å². The van der Waals surface area contributed by atoms with Gasteiger partial charge in [-0.15, -0.1) is 11.8 Å². The van der Waals surface area contributed by atoms with Crippen LogP contribution in [-0.4, -0.2) is 16.8 Å². The van der Waals surface area contributed by atoms with Crippen molar-refractivity contribution in [2.24, 2.45) is 0 Å². The lowest BCUT2D eigenvalue weighted by molar-refractivity contribution is -0.119. The first-order valence-electron chi connectivity index (χ1n) is 7.26. The van der Waals surface area contributed by atoms with E-state index in [1.54, 1.807) is 18.2 Å². The number of benzene rings is 2. The number of halogens is 1. The van der Waals surface area contributed by atoms with Crippen LogP contribution in [0.3, 0.4) is 0 Å². The van der Waals surface area contributed by atoms with E-state index in [0.717, 1.165) is 10.5 Å². The van der Waals surface area contributed by atoms with E-state index in [1.807, 2.05) is 26.0 Å². The van der Waals surface area contributed by atoms with Crippen LogP contribution in [-0.2, 0) is 4.79 Å². The first-order valence-corrected chi connectivity index (χ1v) is 8.65. The maximum atomic E-state index is 13.5. The first-order chi connectivity index (χ1) is 11.5. The molecule has 24 heavy (non-hydrogen) atoms. The number of carbonyl (C=O) groups excluding carboxylic acids is 1. The van der Waals surface area contributed by atoms with Crippen LogP contribution in [0.25, 0.3) is 0 Å². The third kappa shape index (κ3) is 5.50. The number of hydrogen-bond acceptors (Lipinski definition) is 3. The number of hydrazine groups is 1. The summed E-state index contributed by atoms with van der Waals surface area (Å²) < 4.78 is 13.5. The van der Waals surface area contributed by atoms with Gasteiger partial charge in [-0.2, -0.15) is 0 Å². The Hall–Kier alpha value is -2.12. The van der Waals surface area contributed by atoms with Gasteiger partial charge < -0.3 is 5.32 Å². The van der Waals surface area contributed by atoms with Crippen LogP contribution in [0, 0.1) is 19.7 Å². The fraction of sp³-hybridized carbons (Fsp3) is 0.176. The van der Waals surface area contributed by atoms with Gasteiger partial charge >= 0.3 is 0 Å². The fourth-order valence-corrected chi connectivity index (χ4v) is 2.95. The van der Waals surface area contributed by atoms with Crippen LogP contribution in [0.15, 0.2) is 47.4 Å². The summed E-state index contributed by atoms with van der Waals surface area (Å²) in [6.45, 7) is 4.04. The van der Waals surface area contributed by atoms with Gasteiger partial charge in [-0.05, 0) is 49.8 Å². The van der Waals surface area contributed by atoms with Gasteiger partial charge in [0.25, 0.3) is 0 Å². The molecule has 0 aliphatic heterocycles. The van der Waals surface area contributed by atoms with Gasteiger partial charge in [0, 0.05) is 4.90 Å². The number of para-hydroxylation sites is 1. The zero-order valence-electron chi connectivity index (χ0n) is 13.4. The highest BCUT2D eigenvalue weighted by Crippen LogP contribution is 2.22. The summed E-state index contributed by atoms with van der Waals surface area (Å²) in [5.41, 5.74) is 7.61. The zero-order valence-corrected chi connectivity index (χ0v) is 15.0. The van der Waals surface area contributed by atoms with E-state index in [-0.39, 0.29) is 22.5 Å². The Labute approximate surface area is 150 Å². The number of hydrogen-bond donors (Lipinski definition) is 3. The van der Waals surface area contributed by atoms with Crippen molar-refractivity contribution < 1.29 is 9.18 Å². The van der Waals surface area contributed by atoms with Gasteiger partial charge in [0.2, 0.25) is 5.91 Å². The summed E-state index contributed by atoms with van der Waals surface area (Å²) in [7, 11) is 0. The molecule has 0 saturated carbocycles. The molecule has 0 bridgehead atoms.